The van der Waals surface area contributed by atoms with Crippen LogP contribution >= 0.6 is 11.8 Å². The first-order valence-corrected chi connectivity index (χ1v) is 5.29. The van der Waals surface area contributed by atoms with Crippen molar-refractivity contribution in [3.8, 4) is 0 Å². The molecule has 0 aromatic carbocycles. The fraction of sp³-hybridized carbons (Fsp3) is 0.750. The topological polar surface area (TPSA) is 66.4 Å². The van der Waals surface area contributed by atoms with Crippen molar-refractivity contribution in [1.29, 1.82) is 0 Å². The molecular formula is C8H11F2O4S-. The molecule has 15 heavy (non-hydrogen) atoms. The second-order valence-corrected chi connectivity index (χ2v) is 3.89. The molecule has 0 saturated heterocycles. The summed E-state index contributed by atoms with van der Waals surface area (Å²) in [4.78, 5) is 21.0. The van der Waals surface area contributed by atoms with Gasteiger partial charge in [-0.3, -0.25) is 0 Å². The molecule has 0 rings (SSSR count). The summed E-state index contributed by atoms with van der Waals surface area (Å²) < 4.78 is 30.4. The summed E-state index contributed by atoms with van der Waals surface area (Å²) in [7, 11) is 0. The maximum atomic E-state index is 13.0. The summed E-state index contributed by atoms with van der Waals surface area (Å²) in [6, 6.07) is 0. The van der Waals surface area contributed by atoms with Gasteiger partial charge in [0.2, 0.25) is 0 Å². The van der Waals surface area contributed by atoms with Gasteiger partial charge in [-0.25, -0.2) is 4.79 Å². The van der Waals surface area contributed by atoms with Crippen LogP contribution in [0.25, 0.3) is 0 Å². The predicted molar refractivity (Wildman–Crippen MR) is 48.6 cm³/mol. The van der Waals surface area contributed by atoms with Gasteiger partial charge in [0.05, 0.1) is 0 Å². The third-order valence-electron chi connectivity index (χ3n) is 1.62. The molecule has 0 aromatic heterocycles. The average molecular weight is 241 g/mol. The molecule has 0 heterocycles. The number of carboxylic acid groups (broad SMARTS) is 1. The molecule has 0 aliphatic carbocycles. The minimum Gasteiger partial charge on any atom is -0.544 e. The zero-order valence-corrected chi connectivity index (χ0v) is 9.27. The first kappa shape index (κ1) is 14.2. The summed E-state index contributed by atoms with van der Waals surface area (Å²) in [6.07, 6.45) is -0.667. The number of carbonyl (C=O) groups excluding carboxylic acids is 2. The van der Waals surface area contributed by atoms with Gasteiger partial charge >= 0.3 is 11.2 Å². The number of carboxylic acids is 1. The lowest BCUT2D eigenvalue weighted by Gasteiger charge is -2.29. The Morgan fingerprint density at radius 3 is 2.13 bits per heavy atom. The Labute approximate surface area is 90.0 Å². The Morgan fingerprint density at radius 1 is 1.40 bits per heavy atom. The summed E-state index contributed by atoms with van der Waals surface area (Å²) >= 11 is 0.591. The van der Waals surface area contributed by atoms with E-state index in [2.05, 4.69) is 4.74 Å². The third kappa shape index (κ3) is 3.65. The van der Waals surface area contributed by atoms with E-state index < -0.39 is 29.2 Å². The molecule has 1 unspecified atom stereocenters. The van der Waals surface area contributed by atoms with Crippen LogP contribution in [0.15, 0.2) is 0 Å². The van der Waals surface area contributed by atoms with Crippen LogP contribution in [0.1, 0.15) is 13.8 Å². The zero-order valence-electron chi connectivity index (χ0n) is 8.45. The molecule has 0 saturated carbocycles. The summed E-state index contributed by atoms with van der Waals surface area (Å²) in [6.45, 7) is 2.66. The molecule has 1 atom stereocenters. The molecule has 0 fully saturated rings. The largest absolute Gasteiger partial charge is 0.544 e. The van der Waals surface area contributed by atoms with Crippen molar-refractivity contribution in [3.63, 3.8) is 0 Å². The van der Waals surface area contributed by atoms with E-state index in [9.17, 15) is 23.5 Å². The smallest absolute Gasteiger partial charge is 0.367 e. The lowest BCUT2D eigenvalue weighted by atomic mass is 10.0. The molecule has 0 aliphatic rings. The van der Waals surface area contributed by atoms with Gasteiger partial charge in [0, 0.05) is 0 Å². The van der Waals surface area contributed by atoms with E-state index in [0.717, 1.165) is 0 Å². The van der Waals surface area contributed by atoms with Crippen molar-refractivity contribution >= 4 is 23.0 Å². The van der Waals surface area contributed by atoms with Crippen LogP contribution in [-0.2, 0) is 9.53 Å². The average Bonchev–Trinajstić information content (AvgIpc) is 2.12. The Bertz CT molecular complexity index is 255. The lowest BCUT2D eigenvalue weighted by Crippen LogP contribution is -2.53. The molecule has 88 valence electrons. The number of halogens is 2. The maximum absolute atomic E-state index is 13.0. The van der Waals surface area contributed by atoms with Crippen LogP contribution in [0.4, 0.5) is 13.6 Å². The van der Waals surface area contributed by atoms with E-state index in [1.165, 1.54) is 20.1 Å². The van der Waals surface area contributed by atoms with Crippen LogP contribution in [0, 0.1) is 5.92 Å². The molecule has 0 bridgehead atoms. The molecule has 0 aromatic rings. The Kier molecular flexibility index (Phi) is 4.99. The van der Waals surface area contributed by atoms with Gasteiger partial charge in [-0.05, 0) is 23.9 Å². The van der Waals surface area contributed by atoms with E-state index in [-0.39, 0.29) is 0 Å². The Balaban J connectivity index is 4.81. The highest BCUT2D eigenvalue weighted by atomic mass is 32.2. The van der Waals surface area contributed by atoms with Crippen LogP contribution in [0.2, 0.25) is 0 Å². The SMILES string of the molecule is CSC(=O)OC(C(C)C)C(F)(F)C(=O)[O-]. The highest BCUT2D eigenvalue weighted by Crippen LogP contribution is 2.27. The second-order valence-electron chi connectivity index (χ2n) is 3.15. The van der Waals surface area contributed by atoms with Crippen molar-refractivity contribution in [3.05, 3.63) is 0 Å². The minimum atomic E-state index is -4.18. The molecule has 7 heteroatoms. The van der Waals surface area contributed by atoms with Gasteiger partial charge in [0.25, 0.3) is 0 Å². The molecule has 0 radical (unpaired) electrons. The molecule has 0 aliphatic heterocycles. The minimum absolute atomic E-state index is 0.591. The van der Waals surface area contributed by atoms with E-state index in [4.69, 9.17) is 0 Å². The zero-order chi connectivity index (χ0) is 12.2. The van der Waals surface area contributed by atoms with Crippen molar-refractivity contribution in [2.45, 2.75) is 25.9 Å². The maximum Gasteiger partial charge on any atom is 0.367 e. The van der Waals surface area contributed by atoms with Crippen molar-refractivity contribution < 1.29 is 28.2 Å². The van der Waals surface area contributed by atoms with Crippen molar-refractivity contribution in [2.75, 3.05) is 6.26 Å². The monoisotopic (exact) mass is 241 g/mol. The standard InChI is InChI=1S/C8H12F2O4S/c1-4(2)5(14-7(13)15-3)8(9,10)6(11)12/h4-5H,1-3H3,(H,11,12)/p-1. The highest BCUT2D eigenvalue weighted by Gasteiger charge is 2.45. The van der Waals surface area contributed by atoms with E-state index in [1.54, 1.807) is 0 Å². The van der Waals surface area contributed by atoms with Gasteiger partial charge in [-0.2, -0.15) is 8.78 Å². The number of aliphatic carboxylic acids is 1. The van der Waals surface area contributed by atoms with Crippen LogP contribution in [0.5, 0.6) is 0 Å². The third-order valence-corrected chi connectivity index (χ3v) is 2.05. The van der Waals surface area contributed by atoms with E-state index in [0.29, 0.717) is 11.8 Å². The number of ether oxygens (including phenoxy) is 1. The summed E-state index contributed by atoms with van der Waals surface area (Å²) in [5, 5.41) is 9.23. The number of hydrogen-bond acceptors (Lipinski definition) is 5. The van der Waals surface area contributed by atoms with Gasteiger partial charge in [0.1, 0.15) is 5.97 Å². The van der Waals surface area contributed by atoms with Crippen LogP contribution < -0.4 is 5.11 Å². The molecule has 4 nitrogen and oxygen atoms in total. The van der Waals surface area contributed by atoms with Gasteiger partial charge < -0.3 is 14.6 Å². The molecule has 0 amide bonds. The van der Waals surface area contributed by atoms with Crippen molar-refractivity contribution in [1.82, 2.24) is 0 Å². The molecule has 0 N–H and O–H groups in total. The highest BCUT2D eigenvalue weighted by molar-refractivity contribution is 8.12. The van der Waals surface area contributed by atoms with Crippen LogP contribution in [-0.4, -0.2) is 29.6 Å². The number of carbonyl (C=O) groups is 2. The number of thioether (sulfide) groups is 1. The quantitative estimate of drug-likeness (QED) is 0.684. The summed E-state index contributed by atoms with van der Waals surface area (Å²) in [5.41, 5.74) is 0. The predicted octanol–water partition coefficient (Wildman–Crippen LogP) is 0.896. The van der Waals surface area contributed by atoms with Gasteiger partial charge in [-0.15, -0.1) is 0 Å². The van der Waals surface area contributed by atoms with E-state index in [1.807, 2.05) is 0 Å². The van der Waals surface area contributed by atoms with Crippen LogP contribution in [0.3, 0.4) is 0 Å². The first-order chi connectivity index (χ1) is 6.73. The van der Waals surface area contributed by atoms with Gasteiger partial charge in [0.15, 0.2) is 6.10 Å². The summed E-state index contributed by atoms with van der Waals surface area (Å²) in [5.74, 6) is -7.55. The van der Waals surface area contributed by atoms with E-state index >= 15 is 0 Å². The fourth-order valence-electron chi connectivity index (χ4n) is 0.897. The normalized spacial score (nSPS) is 13.7. The van der Waals surface area contributed by atoms with Crippen molar-refractivity contribution in [2.24, 2.45) is 5.92 Å². The molecule has 0 spiro atoms. The number of hydrogen-bond donors (Lipinski definition) is 0. The lowest BCUT2D eigenvalue weighted by molar-refractivity contribution is -0.337. The second kappa shape index (κ2) is 5.29. The number of rotatable bonds is 4. The molecular weight excluding hydrogens is 230 g/mol. The van der Waals surface area contributed by atoms with Gasteiger partial charge in [-0.1, -0.05) is 13.8 Å². The Morgan fingerprint density at radius 2 is 1.87 bits per heavy atom. The fourth-order valence-corrected chi connectivity index (χ4v) is 1.10. The number of alkyl halides is 2. The first-order valence-electron chi connectivity index (χ1n) is 4.07. The Hall–Kier alpha value is -0.850.